The van der Waals surface area contributed by atoms with E-state index in [0.29, 0.717) is 0 Å². The molecule has 0 aromatic rings. The zero-order valence-corrected chi connectivity index (χ0v) is 12.5. The zero-order valence-electron chi connectivity index (χ0n) is 12.5. The standard InChI is InChI=1S/C13H27N.C2H4O2/c1-3-5-6-7-11-14-12-8-10-13(14)9-4-2;1-2(3)4/h13H,3-12H2,1-2H3;1H3,(H,3,4). The van der Waals surface area contributed by atoms with Crippen molar-refractivity contribution in [3.63, 3.8) is 0 Å². The molecule has 0 radical (unpaired) electrons. The van der Waals surface area contributed by atoms with Crippen molar-refractivity contribution in [2.24, 2.45) is 0 Å². The number of carbonyl (C=O) groups is 1. The zero-order chi connectivity index (χ0) is 13.8. The van der Waals surface area contributed by atoms with Crippen molar-refractivity contribution >= 4 is 5.97 Å². The third-order valence-corrected chi connectivity index (χ3v) is 3.62. The van der Waals surface area contributed by atoms with Crippen molar-refractivity contribution in [1.82, 2.24) is 0 Å². The van der Waals surface area contributed by atoms with Crippen LogP contribution in [0.2, 0.25) is 0 Å². The average Bonchev–Trinajstić information content (AvgIpc) is 2.72. The van der Waals surface area contributed by atoms with Crippen LogP contribution in [-0.4, -0.2) is 25.1 Å². The monoisotopic (exact) mass is 257 g/mol. The van der Waals surface area contributed by atoms with Crippen molar-refractivity contribution in [2.75, 3.05) is 13.1 Å². The van der Waals surface area contributed by atoms with E-state index in [1.807, 2.05) is 4.90 Å². The van der Waals surface area contributed by atoms with Crippen molar-refractivity contribution in [1.29, 1.82) is 0 Å². The van der Waals surface area contributed by atoms with E-state index in [-0.39, 0.29) is 0 Å². The van der Waals surface area contributed by atoms with E-state index in [2.05, 4.69) is 13.8 Å². The highest BCUT2D eigenvalue weighted by molar-refractivity contribution is 5.60. The summed E-state index contributed by atoms with van der Waals surface area (Å²) in [6.07, 6.45) is 11.5. The van der Waals surface area contributed by atoms with E-state index >= 15 is 0 Å². The molecule has 0 bridgehead atoms. The summed E-state index contributed by atoms with van der Waals surface area (Å²) < 4.78 is 0. The van der Waals surface area contributed by atoms with Gasteiger partial charge in [-0.15, -0.1) is 0 Å². The second kappa shape index (κ2) is 11.5. The fourth-order valence-electron chi connectivity index (χ4n) is 2.79. The lowest BCUT2D eigenvalue weighted by atomic mass is 10.1. The van der Waals surface area contributed by atoms with Crippen molar-refractivity contribution < 1.29 is 14.8 Å². The van der Waals surface area contributed by atoms with Crippen LogP contribution in [-0.2, 0) is 4.79 Å². The minimum Gasteiger partial charge on any atom is -0.550 e. The minimum atomic E-state index is -1.08. The Hall–Kier alpha value is -0.570. The number of carboxylic acid groups (broad SMARTS) is 1. The van der Waals surface area contributed by atoms with Crippen molar-refractivity contribution in [3.8, 4) is 0 Å². The highest BCUT2D eigenvalue weighted by Crippen LogP contribution is 2.06. The van der Waals surface area contributed by atoms with Crippen LogP contribution in [0.3, 0.4) is 0 Å². The van der Waals surface area contributed by atoms with E-state index in [1.165, 1.54) is 64.5 Å². The quantitative estimate of drug-likeness (QED) is 0.696. The molecule has 1 heterocycles. The Balaban J connectivity index is 0.000000631. The molecular weight excluding hydrogens is 226 g/mol. The van der Waals surface area contributed by atoms with Gasteiger partial charge in [0.25, 0.3) is 0 Å². The fourth-order valence-corrected chi connectivity index (χ4v) is 2.79. The number of nitrogens with one attached hydrogen (secondary N) is 1. The Bertz CT molecular complexity index is 203. The molecule has 2 atom stereocenters. The Labute approximate surface area is 113 Å². The number of aliphatic carboxylic acids is 1. The van der Waals surface area contributed by atoms with Gasteiger partial charge in [-0.2, -0.15) is 0 Å². The molecule has 0 aliphatic carbocycles. The molecule has 0 spiro atoms. The van der Waals surface area contributed by atoms with Gasteiger partial charge >= 0.3 is 0 Å². The van der Waals surface area contributed by atoms with Crippen LogP contribution in [0.15, 0.2) is 0 Å². The molecule has 3 heteroatoms. The number of unbranched alkanes of at least 4 members (excludes halogenated alkanes) is 3. The Morgan fingerprint density at radius 1 is 1.22 bits per heavy atom. The van der Waals surface area contributed by atoms with Gasteiger partial charge in [-0.05, 0) is 26.2 Å². The molecule has 1 N–H and O–H groups in total. The molecule has 3 nitrogen and oxygen atoms in total. The van der Waals surface area contributed by atoms with Gasteiger partial charge < -0.3 is 14.8 Å². The molecule has 1 aliphatic rings. The first-order chi connectivity index (χ1) is 8.61. The van der Waals surface area contributed by atoms with Gasteiger partial charge in [0.05, 0.1) is 19.1 Å². The highest BCUT2D eigenvalue weighted by Gasteiger charge is 2.26. The van der Waals surface area contributed by atoms with Gasteiger partial charge in [-0.1, -0.05) is 33.1 Å². The predicted molar refractivity (Wildman–Crippen MR) is 73.4 cm³/mol. The lowest BCUT2D eigenvalue weighted by Gasteiger charge is -2.20. The molecule has 1 fully saturated rings. The summed E-state index contributed by atoms with van der Waals surface area (Å²) >= 11 is 0. The number of carbonyl (C=O) groups excluding carboxylic acids is 1. The van der Waals surface area contributed by atoms with Gasteiger partial charge in [0, 0.05) is 18.8 Å². The summed E-state index contributed by atoms with van der Waals surface area (Å²) in [7, 11) is 0. The van der Waals surface area contributed by atoms with E-state index in [9.17, 15) is 0 Å². The Morgan fingerprint density at radius 3 is 2.44 bits per heavy atom. The number of carboxylic acids is 1. The first kappa shape index (κ1) is 17.4. The summed E-state index contributed by atoms with van der Waals surface area (Å²) in [5.74, 6) is -1.08. The number of rotatable bonds is 7. The van der Waals surface area contributed by atoms with Crippen molar-refractivity contribution in [2.45, 2.75) is 78.2 Å². The minimum absolute atomic E-state index is 0.972. The van der Waals surface area contributed by atoms with Crippen molar-refractivity contribution in [3.05, 3.63) is 0 Å². The third kappa shape index (κ3) is 9.46. The van der Waals surface area contributed by atoms with Gasteiger partial charge in [-0.3, -0.25) is 0 Å². The molecule has 18 heavy (non-hydrogen) atoms. The van der Waals surface area contributed by atoms with Gasteiger partial charge in [-0.25, -0.2) is 0 Å². The maximum absolute atomic E-state index is 8.89. The largest absolute Gasteiger partial charge is 0.550 e. The molecule has 108 valence electrons. The summed E-state index contributed by atoms with van der Waals surface area (Å²) in [6.45, 7) is 8.50. The average molecular weight is 257 g/mol. The molecule has 2 unspecified atom stereocenters. The maximum atomic E-state index is 8.89. The number of hydrogen-bond donors (Lipinski definition) is 1. The second-order valence-electron chi connectivity index (χ2n) is 5.34. The molecule has 1 aliphatic heterocycles. The van der Waals surface area contributed by atoms with E-state index in [4.69, 9.17) is 9.90 Å². The fraction of sp³-hybridized carbons (Fsp3) is 0.933. The van der Waals surface area contributed by atoms with Crippen LogP contribution in [0.4, 0.5) is 0 Å². The number of likely N-dealkylation sites (tertiary alicyclic amines) is 1. The molecule has 0 aromatic carbocycles. The van der Waals surface area contributed by atoms with Crippen LogP contribution < -0.4 is 10.0 Å². The van der Waals surface area contributed by atoms with Crippen LogP contribution in [0, 0.1) is 0 Å². The van der Waals surface area contributed by atoms with Crippen LogP contribution >= 0.6 is 0 Å². The van der Waals surface area contributed by atoms with Crippen LogP contribution in [0.5, 0.6) is 0 Å². The second-order valence-corrected chi connectivity index (χ2v) is 5.34. The van der Waals surface area contributed by atoms with Gasteiger partial charge in [0.1, 0.15) is 0 Å². The SMILES string of the molecule is CC(=O)[O-].CCCCCC[NH+]1CCCC1CCC. The predicted octanol–water partition coefficient (Wildman–Crippen LogP) is 1.17. The molecule has 0 aromatic heterocycles. The van der Waals surface area contributed by atoms with E-state index in [1.54, 1.807) is 0 Å². The topological polar surface area (TPSA) is 44.6 Å². The Morgan fingerprint density at radius 2 is 1.89 bits per heavy atom. The molecule has 0 saturated carbocycles. The number of hydrogen-bond acceptors (Lipinski definition) is 2. The number of quaternary nitrogens is 1. The summed E-state index contributed by atoms with van der Waals surface area (Å²) in [4.78, 5) is 10.8. The summed E-state index contributed by atoms with van der Waals surface area (Å²) in [5, 5.41) is 8.89. The maximum Gasteiger partial charge on any atom is 0.0876 e. The lowest BCUT2D eigenvalue weighted by molar-refractivity contribution is -0.912. The Kier molecular flexibility index (Phi) is 11.2. The molecule has 1 saturated heterocycles. The summed E-state index contributed by atoms with van der Waals surface area (Å²) in [5.41, 5.74) is 0. The lowest BCUT2D eigenvalue weighted by Crippen LogP contribution is -3.13. The summed E-state index contributed by atoms with van der Waals surface area (Å²) in [6, 6.07) is 1.02. The normalized spacial score (nSPS) is 22.4. The molecular formula is C15H31NO2. The van der Waals surface area contributed by atoms with Crippen LogP contribution in [0.1, 0.15) is 72.1 Å². The van der Waals surface area contributed by atoms with Crippen LogP contribution in [0.25, 0.3) is 0 Å². The van der Waals surface area contributed by atoms with Gasteiger partial charge in [0.15, 0.2) is 0 Å². The van der Waals surface area contributed by atoms with E-state index in [0.717, 1.165) is 13.0 Å². The molecule has 1 rings (SSSR count). The smallest absolute Gasteiger partial charge is 0.0876 e. The van der Waals surface area contributed by atoms with E-state index < -0.39 is 5.97 Å². The first-order valence-corrected chi connectivity index (χ1v) is 7.63. The molecule has 0 amide bonds. The first-order valence-electron chi connectivity index (χ1n) is 7.63. The van der Waals surface area contributed by atoms with Gasteiger partial charge in [0.2, 0.25) is 0 Å². The third-order valence-electron chi connectivity index (χ3n) is 3.62. The highest BCUT2D eigenvalue weighted by atomic mass is 16.4.